The topological polar surface area (TPSA) is 63.4 Å². The van der Waals surface area contributed by atoms with Crippen molar-refractivity contribution in [1.82, 2.24) is 4.31 Å². The first kappa shape index (κ1) is 16.7. The van der Waals surface area contributed by atoms with Crippen LogP contribution in [0.25, 0.3) is 0 Å². The first-order valence-corrected chi connectivity index (χ1v) is 9.17. The van der Waals surface area contributed by atoms with Crippen LogP contribution in [0.4, 0.5) is 0 Å². The van der Waals surface area contributed by atoms with Crippen LogP contribution in [0, 0.1) is 5.92 Å². The van der Waals surface area contributed by atoms with Crippen LogP contribution in [0.3, 0.4) is 0 Å². The van der Waals surface area contributed by atoms with Gasteiger partial charge < -0.3 is 5.73 Å². The Morgan fingerprint density at radius 1 is 1.43 bits per heavy atom. The number of hydrogen-bond acceptors (Lipinski definition) is 3. The fraction of sp³-hybridized carbons (Fsp3) is 0.600. The maximum absolute atomic E-state index is 12.8. The number of halogens is 1. The van der Waals surface area contributed by atoms with Crippen LogP contribution < -0.4 is 5.73 Å². The molecular weight excluding hydrogens is 308 g/mol. The van der Waals surface area contributed by atoms with E-state index in [1.165, 1.54) is 4.31 Å². The molecule has 1 aliphatic heterocycles. The van der Waals surface area contributed by atoms with Crippen molar-refractivity contribution in [3.05, 3.63) is 28.8 Å². The van der Waals surface area contributed by atoms with Crippen molar-refractivity contribution in [3.63, 3.8) is 0 Å². The number of sulfonamides is 1. The van der Waals surface area contributed by atoms with Gasteiger partial charge in [-0.2, -0.15) is 4.31 Å². The van der Waals surface area contributed by atoms with Crippen molar-refractivity contribution in [1.29, 1.82) is 0 Å². The average Bonchev–Trinajstić information content (AvgIpc) is 2.47. The van der Waals surface area contributed by atoms with E-state index in [0.717, 1.165) is 18.4 Å². The molecule has 21 heavy (non-hydrogen) atoms. The number of hydrogen-bond donors (Lipinski definition) is 1. The van der Waals surface area contributed by atoms with Crippen LogP contribution in [-0.4, -0.2) is 32.4 Å². The van der Waals surface area contributed by atoms with Gasteiger partial charge in [-0.25, -0.2) is 8.42 Å². The Morgan fingerprint density at radius 3 is 2.76 bits per heavy atom. The van der Waals surface area contributed by atoms with Crippen LogP contribution in [-0.2, 0) is 10.0 Å². The van der Waals surface area contributed by atoms with E-state index >= 15 is 0 Å². The lowest BCUT2D eigenvalue weighted by molar-refractivity contribution is 0.271. The van der Waals surface area contributed by atoms with Gasteiger partial charge in [0.05, 0.1) is 5.02 Å². The quantitative estimate of drug-likeness (QED) is 0.923. The van der Waals surface area contributed by atoms with Crippen LogP contribution in [0.1, 0.15) is 38.2 Å². The molecular formula is C15H23ClN2O2S. The van der Waals surface area contributed by atoms with E-state index in [4.69, 9.17) is 17.3 Å². The summed E-state index contributed by atoms with van der Waals surface area (Å²) in [5.74, 6) is 0.495. The predicted octanol–water partition coefficient (Wildman–Crippen LogP) is 2.82. The molecule has 0 radical (unpaired) electrons. The number of nitrogens with two attached hydrogens (primary N) is 1. The van der Waals surface area contributed by atoms with Gasteiger partial charge in [0.2, 0.25) is 10.0 Å². The van der Waals surface area contributed by atoms with Gasteiger partial charge in [0.25, 0.3) is 0 Å². The number of benzene rings is 1. The summed E-state index contributed by atoms with van der Waals surface area (Å²) < 4.78 is 27.2. The van der Waals surface area contributed by atoms with Crippen molar-refractivity contribution in [2.24, 2.45) is 11.7 Å². The highest BCUT2D eigenvalue weighted by molar-refractivity contribution is 7.89. The molecule has 0 bridgehead atoms. The number of piperidine rings is 1. The second-order valence-electron chi connectivity index (χ2n) is 5.95. The lowest BCUT2D eigenvalue weighted by Gasteiger charge is -2.31. The molecule has 0 aromatic heterocycles. The van der Waals surface area contributed by atoms with Gasteiger partial charge in [-0.3, -0.25) is 0 Å². The van der Waals surface area contributed by atoms with Crippen LogP contribution in [0.2, 0.25) is 5.02 Å². The van der Waals surface area contributed by atoms with E-state index in [0.29, 0.717) is 19.6 Å². The summed E-state index contributed by atoms with van der Waals surface area (Å²) in [6.07, 6.45) is 1.84. The maximum atomic E-state index is 12.8. The number of rotatable bonds is 4. The lowest BCUT2D eigenvalue weighted by atomic mass is 10.0. The van der Waals surface area contributed by atoms with Crippen LogP contribution in [0.15, 0.2) is 23.1 Å². The summed E-state index contributed by atoms with van der Waals surface area (Å²) >= 11 is 6.14. The van der Waals surface area contributed by atoms with E-state index in [1.54, 1.807) is 12.1 Å². The first-order chi connectivity index (χ1) is 9.86. The van der Waals surface area contributed by atoms with E-state index in [-0.39, 0.29) is 21.8 Å². The molecule has 4 nitrogen and oxygen atoms in total. The lowest BCUT2D eigenvalue weighted by Crippen LogP contribution is -2.42. The minimum atomic E-state index is -3.55. The van der Waals surface area contributed by atoms with Crippen molar-refractivity contribution >= 4 is 21.6 Å². The SMILES string of the molecule is CC(C)c1ccc(Cl)c(S(=O)(=O)N2CCCC(CN)C2)c1. The highest BCUT2D eigenvalue weighted by Crippen LogP contribution is 2.30. The normalized spacial score (nSPS) is 20.9. The smallest absolute Gasteiger partial charge is 0.244 e. The molecule has 1 fully saturated rings. The van der Waals surface area contributed by atoms with Crippen molar-refractivity contribution < 1.29 is 8.42 Å². The van der Waals surface area contributed by atoms with E-state index in [1.807, 2.05) is 19.9 Å². The standard InChI is InChI=1S/C15H23ClN2O2S/c1-11(2)13-5-6-14(16)15(8-13)21(19,20)18-7-3-4-12(9-17)10-18/h5-6,8,11-12H,3-4,7,9-10,17H2,1-2H3. The monoisotopic (exact) mass is 330 g/mol. The highest BCUT2D eigenvalue weighted by Gasteiger charge is 2.31. The summed E-state index contributed by atoms with van der Waals surface area (Å²) in [6, 6.07) is 5.26. The van der Waals surface area contributed by atoms with Gasteiger partial charge in [0.15, 0.2) is 0 Å². The van der Waals surface area contributed by atoms with Gasteiger partial charge in [-0.1, -0.05) is 31.5 Å². The van der Waals surface area contributed by atoms with Crippen LogP contribution in [0.5, 0.6) is 0 Å². The zero-order valence-corrected chi connectivity index (χ0v) is 14.1. The van der Waals surface area contributed by atoms with Gasteiger partial charge in [-0.15, -0.1) is 0 Å². The third-order valence-corrected chi connectivity index (χ3v) is 6.40. The molecule has 1 saturated heterocycles. The van der Waals surface area contributed by atoms with Gasteiger partial charge in [0.1, 0.15) is 4.90 Å². The van der Waals surface area contributed by atoms with Crippen molar-refractivity contribution in [2.45, 2.75) is 37.5 Å². The molecule has 1 atom stereocenters. The zero-order chi connectivity index (χ0) is 15.6. The summed E-state index contributed by atoms with van der Waals surface area (Å²) in [5, 5.41) is 0.286. The van der Waals surface area contributed by atoms with E-state index in [2.05, 4.69) is 0 Å². The predicted molar refractivity (Wildman–Crippen MR) is 86.1 cm³/mol. The molecule has 1 unspecified atom stereocenters. The third-order valence-electron chi connectivity index (χ3n) is 4.05. The second kappa shape index (κ2) is 6.65. The van der Waals surface area contributed by atoms with Gasteiger partial charge in [-0.05, 0) is 48.9 Å². The second-order valence-corrected chi connectivity index (χ2v) is 8.27. The average molecular weight is 331 g/mol. The molecule has 2 rings (SSSR count). The molecule has 1 aliphatic rings. The van der Waals surface area contributed by atoms with E-state index < -0.39 is 10.0 Å². The molecule has 118 valence electrons. The largest absolute Gasteiger partial charge is 0.330 e. The molecule has 2 N–H and O–H groups in total. The molecule has 1 heterocycles. The van der Waals surface area contributed by atoms with Crippen molar-refractivity contribution in [3.8, 4) is 0 Å². The molecule has 0 aliphatic carbocycles. The molecule has 0 saturated carbocycles. The Morgan fingerprint density at radius 2 is 2.14 bits per heavy atom. The van der Waals surface area contributed by atoms with Crippen LogP contribution >= 0.6 is 11.6 Å². The molecule has 1 aromatic carbocycles. The minimum Gasteiger partial charge on any atom is -0.330 e. The summed E-state index contributed by atoms with van der Waals surface area (Å²) in [5.41, 5.74) is 6.67. The van der Waals surface area contributed by atoms with Gasteiger partial charge >= 0.3 is 0 Å². The highest BCUT2D eigenvalue weighted by atomic mass is 35.5. The van der Waals surface area contributed by atoms with Gasteiger partial charge in [0, 0.05) is 13.1 Å². The summed E-state index contributed by atoms with van der Waals surface area (Å²) in [6.45, 7) is 5.61. The van der Waals surface area contributed by atoms with E-state index in [9.17, 15) is 8.42 Å². The zero-order valence-electron chi connectivity index (χ0n) is 12.5. The molecule has 6 heteroatoms. The molecule has 0 spiro atoms. The first-order valence-electron chi connectivity index (χ1n) is 7.36. The third kappa shape index (κ3) is 3.59. The summed E-state index contributed by atoms with van der Waals surface area (Å²) in [7, 11) is -3.55. The Hall–Kier alpha value is -0.620. The fourth-order valence-corrected chi connectivity index (χ4v) is 4.72. The summed E-state index contributed by atoms with van der Waals surface area (Å²) in [4.78, 5) is 0.216. The Labute approximate surface area is 132 Å². The number of nitrogens with zero attached hydrogens (tertiary/aromatic N) is 1. The Balaban J connectivity index is 2.37. The Kier molecular flexibility index (Phi) is 5.30. The molecule has 1 aromatic rings. The maximum Gasteiger partial charge on any atom is 0.244 e. The van der Waals surface area contributed by atoms with Crippen molar-refractivity contribution in [2.75, 3.05) is 19.6 Å². The molecule has 0 amide bonds. The Bertz CT molecular complexity index is 602. The fourth-order valence-electron chi connectivity index (χ4n) is 2.65. The minimum absolute atomic E-state index is 0.216.